The Morgan fingerprint density at radius 2 is 1.83 bits per heavy atom. The van der Waals surface area contributed by atoms with Crippen molar-refractivity contribution in [2.45, 2.75) is 25.0 Å². The maximum atomic E-state index is 13.2. The number of carbonyl (C=O) groups is 1. The molecule has 2 unspecified atom stereocenters. The summed E-state index contributed by atoms with van der Waals surface area (Å²) in [5.74, 6) is 0.476. The highest BCUT2D eigenvalue weighted by Crippen LogP contribution is 2.33. The highest BCUT2D eigenvalue weighted by atomic mass is 16.3. The molecule has 5 heteroatoms. The van der Waals surface area contributed by atoms with Gasteiger partial charge in [-0.05, 0) is 31.4 Å². The number of nitrogens with zero attached hydrogens (tertiary/aromatic N) is 3. The van der Waals surface area contributed by atoms with Crippen LogP contribution in [0.2, 0.25) is 0 Å². The molecule has 0 spiro atoms. The lowest BCUT2D eigenvalue weighted by molar-refractivity contribution is -0.138. The van der Waals surface area contributed by atoms with Gasteiger partial charge in [0, 0.05) is 39.8 Å². The molecule has 1 aliphatic carbocycles. The molecule has 0 bridgehead atoms. The summed E-state index contributed by atoms with van der Waals surface area (Å²) in [6.07, 6.45) is 1.79. The zero-order valence-electron chi connectivity index (χ0n) is 14.8. The normalized spacial score (nSPS) is 22.1. The first-order chi connectivity index (χ1) is 11.6. The Bertz CT molecular complexity index is 539. The summed E-state index contributed by atoms with van der Waals surface area (Å²) in [6.45, 7) is 4.16. The van der Waals surface area contributed by atoms with Gasteiger partial charge in [-0.25, -0.2) is 0 Å². The molecule has 5 nitrogen and oxygen atoms in total. The predicted octanol–water partition coefficient (Wildman–Crippen LogP) is 1.20. The third-order valence-corrected chi connectivity index (χ3v) is 5.26. The number of aliphatic hydroxyl groups excluding tert-OH is 1. The van der Waals surface area contributed by atoms with Crippen molar-refractivity contribution >= 4 is 5.91 Å². The molecule has 1 amide bonds. The Kier molecular flexibility index (Phi) is 5.54. The number of likely N-dealkylation sites (N-methyl/N-ethyl adjacent to an activating group) is 2. The molecule has 2 aliphatic rings. The highest BCUT2D eigenvalue weighted by molar-refractivity contribution is 5.83. The van der Waals surface area contributed by atoms with Gasteiger partial charge in [0.05, 0.1) is 6.10 Å². The molecule has 1 aliphatic heterocycles. The Labute approximate surface area is 144 Å². The fourth-order valence-electron chi connectivity index (χ4n) is 3.43. The second-order valence-electron chi connectivity index (χ2n) is 7.28. The maximum Gasteiger partial charge on any atom is 0.244 e. The van der Waals surface area contributed by atoms with E-state index in [0.29, 0.717) is 12.5 Å². The zero-order valence-corrected chi connectivity index (χ0v) is 14.8. The molecule has 1 saturated carbocycles. The van der Waals surface area contributed by atoms with Crippen LogP contribution in [0.25, 0.3) is 0 Å². The molecule has 2 atom stereocenters. The van der Waals surface area contributed by atoms with Gasteiger partial charge in [-0.2, -0.15) is 0 Å². The van der Waals surface area contributed by atoms with E-state index in [2.05, 4.69) is 16.8 Å². The summed E-state index contributed by atoms with van der Waals surface area (Å²) < 4.78 is 0. The second kappa shape index (κ2) is 7.64. The lowest BCUT2D eigenvalue weighted by Gasteiger charge is -2.39. The van der Waals surface area contributed by atoms with Gasteiger partial charge in [-0.3, -0.25) is 9.69 Å². The van der Waals surface area contributed by atoms with E-state index >= 15 is 0 Å². The van der Waals surface area contributed by atoms with Crippen molar-refractivity contribution in [2.75, 3.05) is 46.8 Å². The van der Waals surface area contributed by atoms with Crippen LogP contribution in [0.1, 0.15) is 24.4 Å². The number of hydrogen-bond donors (Lipinski definition) is 1. The predicted molar refractivity (Wildman–Crippen MR) is 94.6 cm³/mol. The van der Waals surface area contributed by atoms with Crippen LogP contribution in [0.4, 0.5) is 0 Å². The summed E-state index contributed by atoms with van der Waals surface area (Å²) in [7, 11) is 3.94. The van der Waals surface area contributed by atoms with E-state index in [1.54, 1.807) is 4.90 Å². The molecule has 1 heterocycles. The van der Waals surface area contributed by atoms with Gasteiger partial charge >= 0.3 is 0 Å². The van der Waals surface area contributed by atoms with Crippen LogP contribution in [0.3, 0.4) is 0 Å². The molecule has 2 fully saturated rings. The van der Waals surface area contributed by atoms with Gasteiger partial charge < -0.3 is 14.9 Å². The van der Waals surface area contributed by atoms with Crippen LogP contribution in [0.5, 0.6) is 0 Å². The monoisotopic (exact) mass is 331 g/mol. The number of rotatable bonds is 6. The van der Waals surface area contributed by atoms with E-state index in [0.717, 1.165) is 44.6 Å². The van der Waals surface area contributed by atoms with Crippen molar-refractivity contribution in [1.82, 2.24) is 14.7 Å². The summed E-state index contributed by atoms with van der Waals surface area (Å²) in [4.78, 5) is 19.5. The number of piperazine rings is 1. The molecule has 3 rings (SSSR count). The minimum Gasteiger partial charge on any atom is -0.391 e. The lowest BCUT2D eigenvalue weighted by Crippen LogP contribution is -2.51. The molecule has 1 N–H and O–H groups in total. The van der Waals surface area contributed by atoms with Gasteiger partial charge in [0.2, 0.25) is 5.91 Å². The van der Waals surface area contributed by atoms with Gasteiger partial charge in [-0.15, -0.1) is 0 Å². The van der Waals surface area contributed by atoms with Crippen molar-refractivity contribution in [3.8, 4) is 0 Å². The molecular weight excluding hydrogens is 302 g/mol. The lowest BCUT2D eigenvalue weighted by atomic mass is 10.0. The van der Waals surface area contributed by atoms with Crippen LogP contribution in [-0.4, -0.2) is 78.6 Å². The molecule has 132 valence electrons. The molecular formula is C19H29N3O2. The number of aliphatic hydroxyl groups is 1. The van der Waals surface area contributed by atoms with Crippen molar-refractivity contribution in [3.63, 3.8) is 0 Å². The average molecular weight is 331 g/mol. The van der Waals surface area contributed by atoms with E-state index in [-0.39, 0.29) is 18.1 Å². The molecule has 1 aromatic rings. The molecule has 24 heavy (non-hydrogen) atoms. The Morgan fingerprint density at radius 1 is 1.21 bits per heavy atom. The number of amides is 1. The fraction of sp³-hybridized carbons (Fsp3) is 0.632. The summed E-state index contributed by atoms with van der Waals surface area (Å²) in [6, 6.07) is 9.78. The third-order valence-electron chi connectivity index (χ3n) is 5.26. The topological polar surface area (TPSA) is 47.0 Å². The van der Waals surface area contributed by atoms with Crippen LogP contribution in [-0.2, 0) is 4.79 Å². The quantitative estimate of drug-likeness (QED) is 0.851. The van der Waals surface area contributed by atoms with E-state index in [9.17, 15) is 9.90 Å². The van der Waals surface area contributed by atoms with Crippen LogP contribution >= 0.6 is 0 Å². The number of benzene rings is 1. The minimum absolute atomic E-state index is 0.0884. The van der Waals surface area contributed by atoms with Crippen LogP contribution < -0.4 is 0 Å². The average Bonchev–Trinajstić information content (AvgIpc) is 3.43. The van der Waals surface area contributed by atoms with Gasteiger partial charge in [0.1, 0.15) is 6.04 Å². The molecule has 1 saturated heterocycles. The van der Waals surface area contributed by atoms with Crippen molar-refractivity contribution < 1.29 is 9.90 Å². The number of carbonyl (C=O) groups excluding carboxylic acids is 1. The Morgan fingerprint density at radius 3 is 2.42 bits per heavy atom. The van der Waals surface area contributed by atoms with E-state index in [4.69, 9.17) is 0 Å². The first-order valence-electron chi connectivity index (χ1n) is 8.97. The molecule has 1 aromatic carbocycles. The zero-order chi connectivity index (χ0) is 17.1. The first-order valence-corrected chi connectivity index (χ1v) is 8.97. The van der Waals surface area contributed by atoms with E-state index in [1.807, 2.05) is 37.4 Å². The Balaban J connectivity index is 1.74. The van der Waals surface area contributed by atoms with E-state index in [1.165, 1.54) is 0 Å². The molecule has 0 aromatic heterocycles. The molecule has 0 radical (unpaired) electrons. The number of hydrogen-bond acceptors (Lipinski definition) is 4. The highest BCUT2D eigenvalue weighted by Gasteiger charge is 2.35. The summed E-state index contributed by atoms with van der Waals surface area (Å²) in [5, 5.41) is 10.2. The Hall–Kier alpha value is -1.43. The summed E-state index contributed by atoms with van der Waals surface area (Å²) in [5.41, 5.74) is 1.04. The van der Waals surface area contributed by atoms with Gasteiger partial charge in [0.25, 0.3) is 0 Å². The largest absolute Gasteiger partial charge is 0.391 e. The van der Waals surface area contributed by atoms with Crippen molar-refractivity contribution in [2.24, 2.45) is 5.92 Å². The van der Waals surface area contributed by atoms with Gasteiger partial charge in [-0.1, -0.05) is 30.3 Å². The standard InChI is InChI=1S/C19H29N3O2/c1-20-10-12-22(13-11-20)18(16-6-4-3-5-7-16)19(24)21(2)14-17(23)15-8-9-15/h3-7,15,17-18,23H,8-14H2,1-2H3. The maximum absolute atomic E-state index is 13.2. The van der Waals surface area contributed by atoms with E-state index < -0.39 is 0 Å². The summed E-state index contributed by atoms with van der Waals surface area (Å²) >= 11 is 0. The van der Waals surface area contributed by atoms with Crippen molar-refractivity contribution in [3.05, 3.63) is 35.9 Å². The SMILES string of the molecule is CN1CCN(C(C(=O)N(C)CC(O)C2CC2)c2ccccc2)CC1. The smallest absolute Gasteiger partial charge is 0.244 e. The first kappa shape index (κ1) is 17.4. The minimum atomic E-state index is -0.386. The van der Waals surface area contributed by atoms with Crippen LogP contribution in [0, 0.1) is 5.92 Å². The second-order valence-corrected chi connectivity index (χ2v) is 7.28. The van der Waals surface area contributed by atoms with Crippen LogP contribution in [0.15, 0.2) is 30.3 Å². The third kappa shape index (κ3) is 4.15. The van der Waals surface area contributed by atoms with Gasteiger partial charge in [0.15, 0.2) is 0 Å². The fourth-order valence-corrected chi connectivity index (χ4v) is 3.43. The van der Waals surface area contributed by atoms with Crippen molar-refractivity contribution in [1.29, 1.82) is 0 Å².